The molecule has 0 heterocycles. The van der Waals surface area contributed by atoms with Crippen molar-refractivity contribution in [3.8, 4) is 11.5 Å². The summed E-state index contributed by atoms with van der Waals surface area (Å²) in [5, 5.41) is 0. The molecule has 2 rings (SSSR count). The summed E-state index contributed by atoms with van der Waals surface area (Å²) in [5.74, 6) is 0.594. The standard InChI is InChI=1S/C31H40O8/c1-7-29(32)38-19-15-34-13-17-36-27-21-23(3)9-11-25(27)31(5,6)26-12-10-24(4)22-28(26)37-18-14-35-16-20-39-30(33)8-2/h7-12,21-22H,1-2,13-20H2,3-6H3. The van der Waals surface area contributed by atoms with Gasteiger partial charge in [-0.05, 0) is 37.1 Å². The smallest absolute Gasteiger partial charge is 0.330 e. The quantitative estimate of drug-likeness (QED) is 0.150. The van der Waals surface area contributed by atoms with Gasteiger partial charge in [-0.1, -0.05) is 51.3 Å². The third-order valence-electron chi connectivity index (χ3n) is 5.87. The molecule has 2 aromatic rings. The Labute approximate surface area is 231 Å². The second kappa shape index (κ2) is 16.4. The van der Waals surface area contributed by atoms with Crippen molar-refractivity contribution in [3.05, 3.63) is 84.0 Å². The summed E-state index contributed by atoms with van der Waals surface area (Å²) in [4.78, 5) is 22.2. The highest BCUT2D eigenvalue weighted by Crippen LogP contribution is 2.42. The van der Waals surface area contributed by atoms with Crippen molar-refractivity contribution in [2.75, 3.05) is 52.9 Å². The Morgan fingerprint density at radius 2 is 1.05 bits per heavy atom. The third kappa shape index (κ3) is 10.6. The monoisotopic (exact) mass is 540 g/mol. The van der Waals surface area contributed by atoms with E-state index < -0.39 is 17.4 Å². The minimum absolute atomic E-state index is 0.164. The highest BCUT2D eigenvalue weighted by atomic mass is 16.6. The average molecular weight is 541 g/mol. The number of aryl methyl sites for hydroxylation is 2. The number of carbonyl (C=O) groups excluding carboxylic acids is 2. The molecular weight excluding hydrogens is 500 g/mol. The fourth-order valence-corrected chi connectivity index (χ4v) is 3.82. The van der Waals surface area contributed by atoms with Crippen LogP contribution < -0.4 is 9.47 Å². The largest absolute Gasteiger partial charge is 0.491 e. The molecule has 0 bridgehead atoms. The Morgan fingerprint density at radius 3 is 1.44 bits per heavy atom. The Bertz CT molecular complexity index is 1020. The van der Waals surface area contributed by atoms with Crippen LogP contribution in [0.2, 0.25) is 0 Å². The molecule has 0 saturated carbocycles. The van der Waals surface area contributed by atoms with Crippen molar-refractivity contribution in [2.45, 2.75) is 33.1 Å². The molecule has 0 amide bonds. The molecule has 212 valence electrons. The van der Waals surface area contributed by atoms with E-state index in [1.807, 2.05) is 26.0 Å². The maximum atomic E-state index is 11.1. The molecule has 0 saturated heterocycles. The normalized spacial score (nSPS) is 11.0. The molecule has 0 aromatic heterocycles. The zero-order valence-electron chi connectivity index (χ0n) is 23.5. The van der Waals surface area contributed by atoms with Crippen LogP contribution in [0.25, 0.3) is 0 Å². The summed E-state index contributed by atoms with van der Waals surface area (Å²) in [6.45, 7) is 17.3. The summed E-state index contributed by atoms with van der Waals surface area (Å²) < 4.78 is 33.2. The van der Waals surface area contributed by atoms with Gasteiger partial charge in [0.05, 0.1) is 26.4 Å². The molecule has 0 aliphatic heterocycles. The molecule has 0 fully saturated rings. The molecule has 0 unspecified atom stereocenters. The van der Waals surface area contributed by atoms with Crippen molar-refractivity contribution in [3.63, 3.8) is 0 Å². The lowest BCUT2D eigenvalue weighted by Gasteiger charge is -2.30. The molecule has 39 heavy (non-hydrogen) atoms. The molecule has 2 aromatic carbocycles. The van der Waals surface area contributed by atoms with Crippen molar-refractivity contribution in [1.29, 1.82) is 0 Å². The summed E-state index contributed by atoms with van der Waals surface area (Å²) in [6.07, 6.45) is 2.24. The Balaban J connectivity index is 2.03. The number of ether oxygens (including phenoxy) is 6. The maximum absolute atomic E-state index is 11.1. The van der Waals surface area contributed by atoms with Gasteiger partial charge in [-0.2, -0.15) is 0 Å². The fraction of sp³-hybridized carbons (Fsp3) is 0.419. The average Bonchev–Trinajstić information content (AvgIpc) is 2.91. The molecule has 0 aliphatic rings. The lowest BCUT2D eigenvalue weighted by Crippen LogP contribution is -2.23. The predicted molar refractivity (Wildman–Crippen MR) is 149 cm³/mol. The first-order valence-electron chi connectivity index (χ1n) is 12.9. The van der Waals surface area contributed by atoms with Gasteiger partial charge in [-0.15, -0.1) is 0 Å². The van der Waals surface area contributed by atoms with Gasteiger partial charge in [0, 0.05) is 28.7 Å². The lowest BCUT2D eigenvalue weighted by atomic mass is 9.76. The van der Waals surface area contributed by atoms with Crippen LogP contribution in [0.4, 0.5) is 0 Å². The van der Waals surface area contributed by atoms with Crippen molar-refractivity contribution < 1.29 is 38.0 Å². The van der Waals surface area contributed by atoms with Crippen LogP contribution in [0.15, 0.2) is 61.7 Å². The molecular formula is C31H40O8. The van der Waals surface area contributed by atoms with Crippen LogP contribution in [-0.4, -0.2) is 64.8 Å². The van der Waals surface area contributed by atoms with Crippen LogP contribution in [0.1, 0.15) is 36.1 Å². The van der Waals surface area contributed by atoms with Gasteiger partial charge in [0.2, 0.25) is 0 Å². The van der Waals surface area contributed by atoms with Crippen LogP contribution in [0, 0.1) is 13.8 Å². The summed E-state index contributed by atoms with van der Waals surface area (Å²) in [6, 6.07) is 12.3. The second-order valence-electron chi connectivity index (χ2n) is 9.29. The molecule has 0 radical (unpaired) electrons. The Hall–Kier alpha value is -3.62. The first-order chi connectivity index (χ1) is 18.7. The van der Waals surface area contributed by atoms with Crippen LogP contribution >= 0.6 is 0 Å². The van der Waals surface area contributed by atoms with E-state index in [1.54, 1.807) is 0 Å². The maximum Gasteiger partial charge on any atom is 0.330 e. The Kier molecular flexibility index (Phi) is 13.3. The number of benzene rings is 2. The van der Waals surface area contributed by atoms with Crippen LogP contribution in [0.5, 0.6) is 11.5 Å². The van der Waals surface area contributed by atoms with E-state index in [1.165, 1.54) is 0 Å². The van der Waals surface area contributed by atoms with Gasteiger partial charge in [0.15, 0.2) is 0 Å². The van der Waals surface area contributed by atoms with Gasteiger partial charge >= 0.3 is 11.9 Å². The molecule has 0 atom stereocenters. The van der Waals surface area contributed by atoms with E-state index in [4.69, 9.17) is 28.4 Å². The summed E-state index contributed by atoms with van der Waals surface area (Å²) in [5.41, 5.74) is 3.76. The van der Waals surface area contributed by atoms with Gasteiger partial charge in [0.25, 0.3) is 0 Å². The number of hydrogen-bond donors (Lipinski definition) is 0. The molecule has 0 N–H and O–H groups in total. The van der Waals surface area contributed by atoms with Gasteiger partial charge < -0.3 is 28.4 Å². The Morgan fingerprint density at radius 1 is 0.667 bits per heavy atom. The van der Waals surface area contributed by atoms with E-state index in [0.717, 1.165) is 45.9 Å². The number of esters is 2. The van der Waals surface area contributed by atoms with Crippen molar-refractivity contribution in [2.24, 2.45) is 0 Å². The lowest BCUT2D eigenvalue weighted by molar-refractivity contribution is -0.140. The van der Waals surface area contributed by atoms with E-state index >= 15 is 0 Å². The fourth-order valence-electron chi connectivity index (χ4n) is 3.82. The highest BCUT2D eigenvalue weighted by molar-refractivity contribution is 5.81. The van der Waals surface area contributed by atoms with Crippen LogP contribution in [-0.2, 0) is 34.0 Å². The first-order valence-corrected chi connectivity index (χ1v) is 12.9. The highest BCUT2D eigenvalue weighted by Gasteiger charge is 2.30. The number of hydrogen-bond acceptors (Lipinski definition) is 8. The van der Waals surface area contributed by atoms with Gasteiger partial charge in [-0.25, -0.2) is 9.59 Å². The van der Waals surface area contributed by atoms with Gasteiger partial charge in [-0.3, -0.25) is 0 Å². The zero-order valence-corrected chi connectivity index (χ0v) is 23.5. The van der Waals surface area contributed by atoms with Crippen molar-refractivity contribution >= 4 is 11.9 Å². The summed E-state index contributed by atoms with van der Waals surface area (Å²) in [7, 11) is 0. The van der Waals surface area contributed by atoms with E-state index in [0.29, 0.717) is 26.4 Å². The molecule has 8 nitrogen and oxygen atoms in total. The van der Waals surface area contributed by atoms with Crippen molar-refractivity contribution in [1.82, 2.24) is 0 Å². The summed E-state index contributed by atoms with van der Waals surface area (Å²) >= 11 is 0. The number of rotatable bonds is 18. The SMILES string of the molecule is C=CC(=O)OCCOCCOc1cc(C)ccc1C(C)(C)c1ccc(C)cc1OCCOCCOC(=O)C=C. The minimum Gasteiger partial charge on any atom is -0.491 e. The van der Waals surface area contributed by atoms with E-state index in [2.05, 4.69) is 51.3 Å². The van der Waals surface area contributed by atoms with Gasteiger partial charge in [0.1, 0.15) is 37.9 Å². The second-order valence-corrected chi connectivity index (χ2v) is 9.29. The van der Waals surface area contributed by atoms with Crippen LogP contribution in [0.3, 0.4) is 0 Å². The molecule has 8 heteroatoms. The molecule has 0 aliphatic carbocycles. The van der Waals surface area contributed by atoms with E-state index in [-0.39, 0.29) is 26.4 Å². The zero-order chi connectivity index (χ0) is 28.7. The minimum atomic E-state index is -0.472. The topological polar surface area (TPSA) is 89.5 Å². The first kappa shape index (κ1) is 31.6. The predicted octanol–water partition coefficient (Wildman–Crippen LogP) is 4.88. The third-order valence-corrected chi connectivity index (χ3v) is 5.87. The van der Waals surface area contributed by atoms with E-state index in [9.17, 15) is 9.59 Å². The molecule has 0 spiro atoms. The number of carbonyl (C=O) groups is 2.